The summed E-state index contributed by atoms with van der Waals surface area (Å²) in [5, 5.41) is 5.32. The quantitative estimate of drug-likeness (QED) is 0.511. The Labute approximate surface area is 183 Å². The van der Waals surface area contributed by atoms with Crippen LogP contribution in [-0.4, -0.2) is 41.0 Å². The summed E-state index contributed by atoms with van der Waals surface area (Å²) in [6, 6.07) is 12.9. The maximum atomic E-state index is 12.6. The van der Waals surface area contributed by atoms with E-state index in [1.54, 1.807) is 24.3 Å². The standard InChI is InChI=1S/C18H16Cl3N3O4S/c1-11-5-4-6-12(9-11)22-17(18(19,20)21)23-15(25)10-24-16(26)13-7-2-3-8-14(13)29(24,27)28/h2-9,17,22H,10H2,1H3,(H,23,25). The van der Waals surface area contributed by atoms with Crippen LogP contribution in [0.1, 0.15) is 15.9 Å². The topological polar surface area (TPSA) is 95.6 Å². The molecule has 2 aromatic carbocycles. The molecule has 29 heavy (non-hydrogen) atoms. The molecule has 1 heterocycles. The van der Waals surface area contributed by atoms with Gasteiger partial charge in [0.2, 0.25) is 9.70 Å². The minimum Gasteiger partial charge on any atom is -0.362 e. The first-order valence-electron chi connectivity index (χ1n) is 8.35. The van der Waals surface area contributed by atoms with Crippen LogP contribution in [-0.2, 0) is 14.8 Å². The van der Waals surface area contributed by atoms with Gasteiger partial charge in [0, 0.05) is 5.69 Å². The van der Waals surface area contributed by atoms with Gasteiger partial charge >= 0.3 is 0 Å². The van der Waals surface area contributed by atoms with Crippen LogP contribution in [0.25, 0.3) is 0 Å². The van der Waals surface area contributed by atoms with Crippen molar-refractivity contribution in [3.8, 4) is 0 Å². The molecule has 0 saturated carbocycles. The number of carbonyl (C=O) groups excluding carboxylic acids is 2. The largest absolute Gasteiger partial charge is 0.362 e. The Balaban J connectivity index is 1.77. The Kier molecular flexibility index (Phi) is 6.01. The van der Waals surface area contributed by atoms with E-state index in [2.05, 4.69) is 10.6 Å². The van der Waals surface area contributed by atoms with Crippen LogP contribution in [0.2, 0.25) is 0 Å². The van der Waals surface area contributed by atoms with E-state index in [0.29, 0.717) is 9.99 Å². The third-order valence-electron chi connectivity index (χ3n) is 4.16. The molecule has 0 bridgehead atoms. The third-order valence-corrected chi connectivity index (χ3v) is 6.60. The van der Waals surface area contributed by atoms with Crippen LogP contribution in [0.15, 0.2) is 53.4 Å². The van der Waals surface area contributed by atoms with Gasteiger partial charge in [0.15, 0.2) is 0 Å². The van der Waals surface area contributed by atoms with E-state index in [-0.39, 0.29) is 10.5 Å². The average Bonchev–Trinajstić information content (AvgIpc) is 2.82. The van der Waals surface area contributed by atoms with Crippen molar-refractivity contribution in [1.29, 1.82) is 0 Å². The molecule has 1 atom stereocenters. The number of fused-ring (bicyclic) bond motifs is 1. The summed E-state index contributed by atoms with van der Waals surface area (Å²) < 4.78 is 23.7. The molecule has 1 aliphatic rings. The number of amides is 2. The maximum Gasteiger partial charge on any atom is 0.269 e. The van der Waals surface area contributed by atoms with E-state index in [1.165, 1.54) is 18.2 Å². The molecule has 3 rings (SSSR count). The number of nitrogens with zero attached hydrogens (tertiary/aromatic N) is 1. The highest BCUT2D eigenvalue weighted by Crippen LogP contribution is 2.32. The van der Waals surface area contributed by atoms with Crippen LogP contribution in [0, 0.1) is 6.92 Å². The molecular weight excluding hydrogens is 461 g/mol. The van der Waals surface area contributed by atoms with Gasteiger partial charge in [0.1, 0.15) is 17.6 Å². The molecule has 0 fully saturated rings. The van der Waals surface area contributed by atoms with Gasteiger partial charge in [-0.2, -0.15) is 0 Å². The number of hydrogen-bond donors (Lipinski definition) is 2. The van der Waals surface area contributed by atoms with Crippen molar-refractivity contribution in [3.05, 3.63) is 59.7 Å². The van der Waals surface area contributed by atoms with E-state index in [9.17, 15) is 18.0 Å². The second-order valence-corrected chi connectivity index (χ2v) is 10.6. The van der Waals surface area contributed by atoms with Gasteiger partial charge in [-0.1, -0.05) is 59.1 Å². The van der Waals surface area contributed by atoms with Crippen LogP contribution in [0.4, 0.5) is 5.69 Å². The molecular formula is C18H16Cl3N3O4S. The molecule has 2 aromatic rings. The van der Waals surface area contributed by atoms with E-state index in [0.717, 1.165) is 5.56 Å². The SMILES string of the molecule is Cc1cccc(NC(NC(=O)CN2C(=O)c3ccccc3S2(=O)=O)C(Cl)(Cl)Cl)c1. The van der Waals surface area contributed by atoms with E-state index in [1.807, 2.05) is 13.0 Å². The number of rotatable bonds is 5. The van der Waals surface area contributed by atoms with Crippen molar-refractivity contribution in [3.63, 3.8) is 0 Å². The highest BCUT2D eigenvalue weighted by atomic mass is 35.6. The molecule has 0 aliphatic carbocycles. The molecule has 0 aromatic heterocycles. The second kappa shape index (κ2) is 8.02. The van der Waals surface area contributed by atoms with Crippen LogP contribution in [0.3, 0.4) is 0 Å². The first kappa shape index (κ1) is 21.7. The van der Waals surface area contributed by atoms with Gasteiger partial charge in [-0.3, -0.25) is 9.59 Å². The molecule has 1 unspecified atom stereocenters. The smallest absolute Gasteiger partial charge is 0.269 e. The highest BCUT2D eigenvalue weighted by Gasteiger charge is 2.42. The predicted octanol–water partition coefficient (Wildman–Crippen LogP) is 3.06. The van der Waals surface area contributed by atoms with E-state index < -0.39 is 38.3 Å². The van der Waals surface area contributed by atoms with E-state index in [4.69, 9.17) is 34.8 Å². The lowest BCUT2D eigenvalue weighted by Crippen LogP contribution is -2.52. The first-order valence-corrected chi connectivity index (χ1v) is 10.9. The van der Waals surface area contributed by atoms with Gasteiger partial charge in [-0.25, -0.2) is 12.7 Å². The number of anilines is 1. The van der Waals surface area contributed by atoms with Crippen molar-refractivity contribution in [2.24, 2.45) is 0 Å². The molecule has 2 amide bonds. The molecule has 0 radical (unpaired) electrons. The van der Waals surface area contributed by atoms with Gasteiger partial charge in [-0.15, -0.1) is 0 Å². The number of alkyl halides is 3. The third kappa shape index (κ3) is 4.61. The van der Waals surface area contributed by atoms with Crippen molar-refractivity contribution in [1.82, 2.24) is 9.62 Å². The molecule has 11 heteroatoms. The summed E-state index contributed by atoms with van der Waals surface area (Å²) >= 11 is 17.9. The Bertz CT molecular complexity index is 1070. The molecule has 0 spiro atoms. The number of nitrogens with one attached hydrogen (secondary N) is 2. The summed E-state index contributed by atoms with van der Waals surface area (Å²) in [6.07, 6.45) is -1.18. The van der Waals surface area contributed by atoms with Crippen molar-refractivity contribution in [2.75, 3.05) is 11.9 Å². The normalized spacial score (nSPS) is 16.3. The number of benzene rings is 2. The Morgan fingerprint density at radius 2 is 1.83 bits per heavy atom. The summed E-state index contributed by atoms with van der Waals surface area (Å²) in [4.78, 5) is 24.8. The average molecular weight is 477 g/mol. The predicted molar refractivity (Wildman–Crippen MR) is 112 cm³/mol. The van der Waals surface area contributed by atoms with Crippen molar-refractivity contribution < 1.29 is 18.0 Å². The minimum atomic E-state index is -4.12. The molecule has 154 valence electrons. The lowest BCUT2D eigenvalue weighted by atomic mass is 10.2. The van der Waals surface area contributed by atoms with Gasteiger partial charge in [-0.05, 0) is 36.8 Å². The minimum absolute atomic E-state index is 0.0103. The zero-order chi connectivity index (χ0) is 21.4. The highest BCUT2D eigenvalue weighted by molar-refractivity contribution is 7.90. The summed E-state index contributed by atoms with van der Waals surface area (Å²) in [7, 11) is -4.12. The second-order valence-electron chi connectivity index (χ2n) is 6.37. The van der Waals surface area contributed by atoms with Crippen molar-refractivity contribution in [2.45, 2.75) is 21.8 Å². The van der Waals surface area contributed by atoms with Gasteiger partial charge in [0.25, 0.3) is 15.9 Å². The van der Waals surface area contributed by atoms with Gasteiger partial charge < -0.3 is 10.6 Å². The Morgan fingerprint density at radius 3 is 2.45 bits per heavy atom. The van der Waals surface area contributed by atoms with Crippen LogP contribution >= 0.6 is 34.8 Å². The van der Waals surface area contributed by atoms with Crippen LogP contribution < -0.4 is 10.6 Å². The summed E-state index contributed by atoms with van der Waals surface area (Å²) in [5.41, 5.74) is 1.53. The van der Waals surface area contributed by atoms with Crippen molar-refractivity contribution >= 4 is 62.3 Å². The number of aryl methyl sites for hydroxylation is 1. The molecule has 7 nitrogen and oxygen atoms in total. The Morgan fingerprint density at radius 1 is 1.14 bits per heavy atom. The zero-order valence-corrected chi connectivity index (χ0v) is 18.1. The van der Waals surface area contributed by atoms with Crippen LogP contribution in [0.5, 0.6) is 0 Å². The summed E-state index contributed by atoms with van der Waals surface area (Å²) in [5.74, 6) is -1.60. The number of halogens is 3. The number of carbonyl (C=O) groups is 2. The fourth-order valence-corrected chi connectivity index (χ4v) is 4.68. The monoisotopic (exact) mass is 475 g/mol. The molecule has 1 aliphatic heterocycles. The fourth-order valence-electron chi connectivity index (χ4n) is 2.83. The molecule has 0 saturated heterocycles. The first-order chi connectivity index (χ1) is 13.5. The lowest BCUT2D eigenvalue weighted by Gasteiger charge is -2.28. The lowest BCUT2D eigenvalue weighted by molar-refractivity contribution is -0.121. The maximum absolute atomic E-state index is 12.6. The summed E-state index contributed by atoms with van der Waals surface area (Å²) in [6.45, 7) is 1.12. The fraction of sp³-hybridized carbons (Fsp3) is 0.222. The molecule has 2 N–H and O–H groups in total. The van der Waals surface area contributed by atoms with Gasteiger partial charge in [0.05, 0.1) is 5.56 Å². The number of hydrogen-bond acceptors (Lipinski definition) is 5. The Hall–Kier alpha value is -2.00. The number of sulfonamides is 1. The van der Waals surface area contributed by atoms with E-state index >= 15 is 0 Å². The zero-order valence-electron chi connectivity index (χ0n) is 15.0.